The zero-order chi connectivity index (χ0) is 31.4. The molecule has 43 heavy (non-hydrogen) atoms. The van der Waals surface area contributed by atoms with Crippen molar-refractivity contribution in [3.63, 3.8) is 0 Å². The molecule has 0 fully saturated rings. The van der Waals surface area contributed by atoms with Crippen LogP contribution in [0.5, 0.6) is 0 Å². The predicted molar refractivity (Wildman–Crippen MR) is 158 cm³/mol. The first-order valence-corrected chi connectivity index (χ1v) is 14.4. The van der Waals surface area contributed by atoms with Gasteiger partial charge in [0.2, 0.25) is 0 Å². The first kappa shape index (κ1) is 30.3. The molecule has 0 aliphatic carbocycles. The summed E-state index contributed by atoms with van der Waals surface area (Å²) in [6, 6.07) is 9.20. The highest BCUT2D eigenvalue weighted by atomic mass is 79.9. The SMILES string of the molecule is CNC(=O)c1ccc(-n2c(=O)c3c(n4[nH]c(=O)c(CC(C)C)c24)CN(C(=O)c2ccc(Br)c(C(F)(F)F)c2)C(C)C3)cc1. The zero-order valence-corrected chi connectivity index (χ0v) is 25.4. The molecule has 9 nitrogen and oxygen atoms in total. The molecule has 2 N–H and O–H groups in total. The van der Waals surface area contributed by atoms with Gasteiger partial charge in [0.25, 0.3) is 22.9 Å². The van der Waals surface area contributed by atoms with Gasteiger partial charge in [0, 0.05) is 34.3 Å². The number of hydrogen-bond donors (Lipinski definition) is 2. The summed E-state index contributed by atoms with van der Waals surface area (Å²) in [4.78, 5) is 54.5. The van der Waals surface area contributed by atoms with Gasteiger partial charge in [0.05, 0.1) is 29.1 Å². The molecule has 1 aliphatic rings. The highest BCUT2D eigenvalue weighted by Gasteiger charge is 2.36. The number of amides is 2. The Morgan fingerprint density at radius 1 is 1.09 bits per heavy atom. The highest BCUT2D eigenvalue weighted by molar-refractivity contribution is 9.10. The average Bonchev–Trinajstić information content (AvgIpc) is 3.26. The molecule has 1 aliphatic heterocycles. The van der Waals surface area contributed by atoms with Crippen molar-refractivity contribution in [3.8, 4) is 5.69 Å². The summed E-state index contributed by atoms with van der Waals surface area (Å²) in [5.41, 5.74) is 0.389. The molecule has 1 atom stereocenters. The van der Waals surface area contributed by atoms with Gasteiger partial charge in [0.15, 0.2) is 0 Å². The lowest BCUT2D eigenvalue weighted by atomic mass is 9.97. The Morgan fingerprint density at radius 3 is 2.35 bits per heavy atom. The summed E-state index contributed by atoms with van der Waals surface area (Å²) in [5.74, 6) is -0.851. The molecule has 1 unspecified atom stereocenters. The molecule has 0 spiro atoms. The Morgan fingerprint density at radius 2 is 1.74 bits per heavy atom. The molecular weight excluding hydrogens is 631 g/mol. The van der Waals surface area contributed by atoms with Crippen LogP contribution >= 0.6 is 15.9 Å². The number of nitrogens with zero attached hydrogens (tertiary/aromatic N) is 3. The second-order valence-corrected chi connectivity index (χ2v) is 11.9. The van der Waals surface area contributed by atoms with Crippen molar-refractivity contribution in [2.24, 2.45) is 5.92 Å². The van der Waals surface area contributed by atoms with Crippen LogP contribution in [0.2, 0.25) is 0 Å². The minimum Gasteiger partial charge on any atom is -0.355 e. The lowest BCUT2D eigenvalue weighted by molar-refractivity contribution is -0.138. The van der Waals surface area contributed by atoms with E-state index in [4.69, 9.17) is 0 Å². The molecule has 2 amide bonds. The number of carbonyl (C=O) groups excluding carboxylic acids is 2. The van der Waals surface area contributed by atoms with Crippen molar-refractivity contribution in [1.29, 1.82) is 0 Å². The Bertz CT molecular complexity index is 1870. The number of aromatic nitrogens is 3. The number of rotatable bonds is 5. The van der Waals surface area contributed by atoms with E-state index in [1.807, 2.05) is 13.8 Å². The molecule has 0 saturated carbocycles. The summed E-state index contributed by atoms with van der Waals surface area (Å²) >= 11 is 2.91. The van der Waals surface area contributed by atoms with Gasteiger partial charge in [-0.05, 0) is 68.1 Å². The van der Waals surface area contributed by atoms with Gasteiger partial charge in [-0.3, -0.25) is 28.8 Å². The van der Waals surface area contributed by atoms with Gasteiger partial charge in [0.1, 0.15) is 5.65 Å². The standard InChI is InChI=1S/C30H29BrF3N5O4/c1-15(2)11-21-26(41)36-39-24-14-37(28(42)18-7-10-23(31)22(13-18)30(32,33)34)16(3)12-20(24)29(43)38(27(21)39)19-8-5-17(6-9-19)25(40)35-4/h5-10,13,15-16H,11-12,14H2,1-4H3,(H,35,40)(H,36,41). The fourth-order valence-corrected chi connectivity index (χ4v) is 6.00. The van der Waals surface area contributed by atoms with Crippen LogP contribution in [-0.4, -0.2) is 44.0 Å². The third-order valence-electron chi connectivity index (χ3n) is 7.62. The van der Waals surface area contributed by atoms with Crippen LogP contribution in [0.4, 0.5) is 13.2 Å². The van der Waals surface area contributed by atoms with Gasteiger partial charge in [-0.15, -0.1) is 0 Å². The monoisotopic (exact) mass is 659 g/mol. The van der Waals surface area contributed by atoms with Gasteiger partial charge in [-0.2, -0.15) is 13.2 Å². The minimum atomic E-state index is -4.66. The summed E-state index contributed by atoms with van der Waals surface area (Å²) < 4.78 is 43.5. The Labute approximate surface area is 252 Å². The van der Waals surface area contributed by atoms with E-state index < -0.39 is 29.2 Å². The molecule has 13 heteroatoms. The molecule has 4 aromatic rings. The summed E-state index contributed by atoms with van der Waals surface area (Å²) in [7, 11) is 1.51. The molecule has 2 aromatic carbocycles. The number of alkyl halides is 3. The van der Waals surface area contributed by atoms with Crippen molar-refractivity contribution >= 4 is 33.4 Å². The van der Waals surface area contributed by atoms with E-state index >= 15 is 0 Å². The van der Waals surface area contributed by atoms with Crippen LogP contribution in [0.25, 0.3) is 11.3 Å². The quantitative estimate of drug-likeness (QED) is 0.324. The number of fused-ring (bicyclic) bond motifs is 3. The molecule has 226 valence electrons. The van der Waals surface area contributed by atoms with E-state index in [1.165, 1.54) is 33.2 Å². The van der Waals surface area contributed by atoms with Crippen molar-refractivity contribution in [2.75, 3.05) is 7.05 Å². The van der Waals surface area contributed by atoms with Crippen molar-refractivity contribution in [3.05, 3.63) is 101 Å². The summed E-state index contributed by atoms with van der Waals surface area (Å²) in [5, 5.41) is 5.38. The Balaban J connectivity index is 1.68. The number of carbonyl (C=O) groups is 2. The average molecular weight is 660 g/mol. The number of H-pyrrole nitrogens is 1. The summed E-state index contributed by atoms with van der Waals surface area (Å²) in [6.45, 7) is 5.49. The van der Waals surface area contributed by atoms with Crippen LogP contribution in [0.15, 0.2) is 56.5 Å². The fraction of sp³-hybridized carbons (Fsp3) is 0.333. The van der Waals surface area contributed by atoms with E-state index in [2.05, 4.69) is 26.3 Å². The van der Waals surface area contributed by atoms with Gasteiger partial charge >= 0.3 is 6.18 Å². The molecule has 3 heterocycles. The van der Waals surface area contributed by atoms with Crippen LogP contribution in [0, 0.1) is 5.92 Å². The maximum atomic E-state index is 14.2. The number of nitrogens with one attached hydrogen (secondary N) is 2. The minimum absolute atomic E-state index is 0.0702. The maximum absolute atomic E-state index is 14.2. The molecular formula is C30H29BrF3N5O4. The van der Waals surface area contributed by atoms with E-state index in [0.29, 0.717) is 40.1 Å². The van der Waals surface area contributed by atoms with E-state index in [1.54, 1.807) is 31.2 Å². The van der Waals surface area contributed by atoms with Crippen LogP contribution in [-0.2, 0) is 25.6 Å². The van der Waals surface area contributed by atoms with Crippen molar-refractivity contribution in [2.45, 2.75) is 52.4 Å². The number of benzene rings is 2. The first-order chi connectivity index (χ1) is 20.2. The highest BCUT2D eigenvalue weighted by Crippen LogP contribution is 2.36. The van der Waals surface area contributed by atoms with Crippen molar-refractivity contribution in [1.82, 2.24) is 24.4 Å². The van der Waals surface area contributed by atoms with E-state index in [0.717, 1.165) is 6.07 Å². The molecule has 0 radical (unpaired) electrons. The van der Waals surface area contributed by atoms with Crippen LogP contribution in [0.1, 0.15) is 63.9 Å². The van der Waals surface area contributed by atoms with Crippen LogP contribution < -0.4 is 16.4 Å². The molecule has 2 aromatic heterocycles. The summed E-state index contributed by atoms with van der Waals surface area (Å²) in [6.07, 6.45) is -4.20. The smallest absolute Gasteiger partial charge is 0.355 e. The molecule has 5 rings (SSSR count). The van der Waals surface area contributed by atoms with E-state index in [9.17, 15) is 32.3 Å². The van der Waals surface area contributed by atoms with Crippen LogP contribution in [0.3, 0.4) is 0 Å². The van der Waals surface area contributed by atoms with Crippen molar-refractivity contribution < 1.29 is 22.8 Å². The largest absolute Gasteiger partial charge is 0.417 e. The second-order valence-electron chi connectivity index (χ2n) is 11.0. The predicted octanol–water partition coefficient (Wildman–Crippen LogP) is 4.70. The zero-order valence-electron chi connectivity index (χ0n) is 23.8. The van der Waals surface area contributed by atoms with Gasteiger partial charge in [-0.25, -0.2) is 4.52 Å². The third-order valence-corrected chi connectivity index (χ3v) is 8.31. The third kappa shape index (κ3) is 5.41. The molecule has 0 bridgehead atoms. The lowest BCUT2D eigenvalue weighted by Crippen LogP contribution is -2.46. The number of aromatic amines is 1. The first-order valence-electron chi connectivity index (χ1n) is 13.6. The topological polar surface area (TPSA) is 109 Å². The Hall–Kier alpha value is -4.13. The van der Waals surface area contributed by atoms with Gasteiger partial charge in [-0.1, -0.05) is 29.8 Å². The molecule has 0 saturated heterocycles. The van der Waals surface area contributed by atoms with E-state index in [-0.39, 0.29) is 40.4 Å². The lowest BCUT2D eigenvalue weighted by Gasteiger charge is -2.35. The second kappa shape index (κ2) is 11.2. The Kier molecular flexibility index (Phi) is 7.88. The fourth-order valence-electron chi connectivity index (χ4n) is 5.52. The van der Waals surface area contributed by atoms with Gasteiger partial charge < -0.3 is 10.2 Å². The number of hydrogen-bond acceptors (Lipinski definition) is 4. The normalized spacial score (nSPS) is 15.2. The number of halogens is 4. The maximum Gasteiger partial charge on any atom is 0.417 e.